The molecule has 2 rings (SSSR count). The van der Waals surface area contributed by atoms with Crippen LogP contribution >= 0.6 is 24.0 Å². The molecule has 142 valence electrons. The van der Waals surface area contributed by atoms with Crippen LogP contribution < -0.4 is 15.5 Å². The first-order valence-electron chi connectivity index (χ1n) is 8.58. The van der Waals surface area contributed by atoms with E-state index in [1.54, 1.807) is 18.3 Å². The lowest BCUT2D eigenvalue weighted by molar-refractivity contribution is 0.619. The maximum Gasteiger partial charge on any atom is 0.191 e. The van der Waals surface area contributed by atoms with Gasteiger partial charge in [-0.05, 0) is 37.6 Å². The Kier molecular flexibility index (Phi) is 10.6. The molecule has 0 saturated carbocycles. The van der Waals surface area contributed by atoms with Gasteiger partial charge in [-0.15, -0.1) is 24.0 Å². The van der Waals surface area contributed by atoms with Gasteiger partial charge >= 0.3 is 0 Å². The number of pyridine rings is 1. The number of anilines is 1. The van der Waals surface area contributed by atoms with Crippen molar-refractivity contribution < 1.29 is 4.39 Å². The molecule has 5 nitrogen and oxygen atoms in total. The van der Waals surface area contributed by atoms with Crippen LogP contribution in [0.1, 0.15) is 19.0 Å². The number of nitrogens with one attached hydrogen (secondary N) is 2. The molecule has 1 aromatic heterocycles. The number of nitrogens with zero attached hydrogens (tertiary/aromatic N) is 3. The first kappa shape index (κ1) is 22.1. The Balaban J connectivity index is 0.00000338. The van der Waals surface area contributed by atoms with Crippen molar-refractivity contribution in [3.8, 4) is 0 Å². The van der Waals surface area contributed by atoms with Crippen molar-refractivity contribution in [2.24, 2.45) is 4.99 Å². The highest BCUT2D eigenvalue weighted by atomic mass is 127. The van der Waals surface area contributed by atoms with Gasteiger partial charge in [-0.25, -0.2) is 9.38 Å². The molecule has 0 fully saturated rings. The largest absolute Gasteiger partial charge is 0.372 e. The van der Waals surface area contributed by atoms with Crippen LogP contribution in [0.25, 0.3) is 0 Å². The highest BCUT2D eigenvalue weighted by Crippen LogP contribution is 2.16. The molecule has 7 heteroatoms. The van der Waals surface area contributed by atoms with E-state index >= 15 is 0 Å². The van der Waals surface area contributed by atoms with Crippen LogP contribution in [-0.2, 0) is 6.54 Å². The summed E-state index contributed by atoms with van der Waals surface area (Å²) < 4.78 is 13.7. The van der Waals surface area contributed by atoms with Gasteiger partial charge in [0.1, 0.15) is 5.82 Å². The third kappa shape index (κ3) is 7.55. The predicted molar refractivity (Wildman–Crippen MR) is 117 cm³/mol. The first-order valence-corrected chi connectivity index (χ1v) is 8.58. The zero-order valence-corrected chi connectivity index (χ0v) is 17.6. The van der Waals surface area contributed by atoms with Gasteiger partial charge in [0, 0.05) is 32.9 Å². The van der Waals surface area contributed by atoms with Crippen LogP contribution in [0.2, 0.25) is 0 Å². The molecule has 26 heavy (non-hydrogen) atoms. The van der Waals surface area contributed by atoms with Crippen molar-refractivity contribution >= 4 is 35.6 Å². The van der Waals surface area contributed by atoms with Crippen LogP contribution in [-0.4, -0.2) is 37.6 Å². The highest BCUT2D eigenvalue weighted by molar-refractivity contribution is 14.0. The summed E-state index contributed by atoms with van der Waals surface area (Å²) >= 11 is 0. The number of guanidine groups is 1. The van der Waals surface area contributed by atoms with E-state index in [-0.39, 0.29) is 29.8 Å². The summed E-state index contributed by atoms with van der Waals surface area (Å²) in [6, 6.07) is 12.6. The molecule has 1 aromatic carbocycles. The van der Waals surface area contributed by atoms with E-state index in [0.29, 0.717) is 12.2 Å². The maximum absolute atomic E-state index is 13.7. The lowest BCUT2D eigenvalue weighted by atomic mass is 10.2. The standard InChI is InChI=1S/C19H26FN5.HI/c1-3-21-19(24-15-16-9-6-7-12-22-16)23-13-8-14-25(2)18-11-5-4-10-17(18)20;/h4-7,9-12H,3,8,13-15H2,1-2H3,(H2,21,23,24);1H. The molecular formula is C19H27FIN5. The van der Waals surface area contributed by atoms with E-state index in [1.807, 2.05) is 43.1 Å². The Hall–Kier alpha value is -1.90. The topological polar surface area (TPSA) is 52.6 Å². The number of aliphatic imine (C=N–C) groups is 1. The number of para-hydroxylation sites is 1. The van der Waals surface area contributed by atoms with Crippen LogP contribution in [0.5, 0.6) is 0 Å². The molecule has 2 aromatic rings. The van der Waals surface area contributed by atoms with Crippen molar-refractivity contribution in [2.45, 2.75) is 19.9 Å². The van der Waals surface area contributed by atoms with Crippen molar-refractivity contribution in [1.82, 2.24) is 15.6 Å². The Morgan fingerprint density at radius 3 is 2.62 bits per heavy atom. The third-order valence-corrected chi connectivity index (χ3v) is 3.70. The Morgan fingerprint density at radius 2 is 1.92 bits per heavy atom. The fraction of sp³-hybridized carbons (Fsp3) is 0.368. The normalized spacial score (nSPS) is 10.8. The summed E-state index contributed by atoms with van der Waals surface area (Å²) in [6.45, 7) is 4.87. The third-order valence-electron chi connectivity index (χ3n) is 3.70. The van der Waals surface area contributed by atoms with E-state index in [1.165, 1.54) is 6.07 Å². The molecule has 0 aliphatic carbocycles. The molecule has 0 radical (unpaired) electrons. The van der Waals surface area contributed by atoms with Gasteiger partial charge in [0.05, 0.1) is 17.9 Å². The van der Waals surface area contributed by atoms with E-state index < -0.39 is 0 Å². The second-order valence-corrected chi connectivity index (χ2v) is 5.67. The van der Waals surface area contributed by atoms with Crippen LogP contribution in [0.15, 0.2) is 53.7 Å². The lowest BCUT2D eigenvalue weighted by Crippen LogP contribution is -2.38. The fourth-order valence-electron chi connectivity index (χ4n) is 2.40. The van der Waals surface area contributed by atoms with E-state index in [4.69, 9.17) is 0 Å². The number of rotatable bonds is 8. The van der Waals surface area contributed by atoms with Gasteiger partial charge in [0.2, 0.25) is 0 Å². The molecule has 0 aliphatic heterocycles. The zero-order chi connectivity index (χ0) is 17.9. The molecule has 0 aliphatic rings. The van der Waals surface area contributed by atoms with E-state index in [9.17, 15) is 4.39 Å². The molecule has 2 N–H and O–H groups in total. The number of aromatic nitrogens is 1. The van der Waals surface area contributed by atoms with Crippen LogP contribution in [0, 0.1) is 5.82 Å². The van der Waals surface area contributed by atoms with Gasteiger partial charge in [0.25, 0.3) is 0 Å². The zero-order valence-electron chi connectivity index (χ0n) is 15.3. The molecule has 0 atom stereocenters. The molecular weight excluding hydrogens is 444 g/mol. The molecule has 0 spiro atoms. The van der Waals surface area contributed by atoms with Gasteiger partial charge < -0.3 is 15.5 Å². The minimum Gasteiger partial charge on any atom is -0.372 e. The van der Waals surface area contributed by atoms with E-state index in [0.717, 1.165) is 37.7 Å². The molecule has 0 unspecified atom stereocenters. The quantitative estimate of drug-likeness (QED) is 0.268. The second kappa shape index (κ2) is 12.5. The van der Waals surface area contributed by atoms with Crippen molar-refractivity contribution in [2.75, 3.05) is 31.6 Å². The summed E-state index contributed by atoms with van der Waals surface area (Å²) in [6.07, 6.45) is 2.64. The monoisotopic (exact) mass is 471 g/mol. The Labute approximate surface area is 172 Å². The minimum absolute atomic E-state index is 0. The average molecular weight is 471 g/mol. The SMILES string of the molecule is CCNC(=NCc1ccccn1)NCCCN(C)c1ccccc1F.I. The highest BCUT2D eigenvalue weighted by Gasteiger charge is 2.06. The summed E-state index contributed by atoms with van der Waals surface area (Å²) in [4.78, 5) is 10.7. The summed E-state index contributed by atoms with van der Waals surface area (Å²) in [5.41, 5.74) is 1.55. The number of benzene rings is 1. The van der Waals surface area contributed by atoms with Gasteiger partial charge in [-0.3, -0.25) is 4.98 Å². The molecule has 0 bridgehead atoms. The Bertz CT molecular complexity index is 666. The average Bonchev–Trinajstić information content (AvgIpc) is 2.64. The lowest BCUT2D eigenvalue weighted by Gasteiger charge is -2.20. The van der Waals surface area contributed by atoms with Gasteiger partial charge in [-0.1, -0.05) is 18.2 Å². The second-order valence-electron chi connectivity index (χ2n) is 5.67. The minimum atomic E-state index is -0.191. The van der Waals surface area contributed by atoms with Crippen LogP contribution in [0.3, 0.4) is 0 Å². The molecule has 0 saturated heterocycles. The summed E-state index contributed by atoms with van der Waals surface area (Å²) in [5.74, 6) is 0.574. The number of hydrogen-bond acceptors (Lipinski definition) is 3. The summed E-state index contributed by atoms with van der Waals surface area (Å²) in [7, 11) is 1.90. The number of hydrogen-bond donors (Lipinski definition) is 2. The van der Waals surface area contributed by atoms with Crippen molar-refractivity contribution in [3.63, 3.8) is 0 Å². The van der Waals surface area contributed by atoms with Crippen molar-refractivity contribution in [3.05, 3.63) is 60.2 Å². The first-order chi connectivity index (χ1) is 12.2. The van der Waals surface area contributed by atoms with Crippen molar-refractivity contribution in [1.29, 1.82) is 0 Å². The fourth-order valence-corrected chi connectivity index (χ4v) is 2.40. The predicted octanol–water partition coefficient (Wildman–Crippen LogP) is 3.42. The Morgan fingerprint density at radius 1 is 1.15 bits per heavy atom. The number of halogens is 2. The molecule has 0 amide bonds. The summed E-state index contributed by atoms with van der Waals surface area (Å²) in [5, 5.41) is 6.52. The smallest absolute Gasteiger partial charge is 0.191 e. The van der Waals surface area contributed by atoms with Gasteiger partial charge in [0.15, 0.2) is 5.96 Å². The maximum atomic E-state index is 13.7. The van der Waals surface area contributed by atoms with E-state index in [2.05, 4.69) is 20.6 Å². The van der Waals surface area contributed by atoms with Gasteiger partial charge in [-0.2, -0.15) is 0 Å². The molecule has 1 heterocycles. The van der Waals surface area contributed by atoms with Crippen LogP contribution in [0.4, 0.5) is 10.1 Å².